The molecule has 0 saturated heterocycles. The minimum absolute atomic E-state index is 0.00318. The van der Waals surface area contributed by atoms with E-state index in [4.69, 9.17) is 5.11 Å². The Morgan fingerprint density at radius 2 is 1.77 bits per heavy atom. The van der Waals surface area contributed by atoms with Crippen molar-refractivity contribution in [3.05, 3.63) is 35.4 Å². The minimum atomic E-state index is -1.07. The summed E-state index contributed by atoms with van der Waals surface area (Å²) in [5.41, 5.74) is 1.57. The minimum Gasteiger partial charge on any atom is -0.480 e. The lowest BCUT2D eigenvalue weighted by Crippen LogP contribution is -2.45. The monoisotopic (exact) mass is 380 g/mol. The number of thioether (sulfide) groups is 1. The average molecular weight is 381 g/mol. The molecule has 0 aliphatic rings. The van der Waals surface area contributed by atoms with Crippen LogP contribution >= 0.6 is 11.8 Å². The van der Waals surface area contributed by atoms with E-state index in [0.717, 1.165) is 11.3 Å². The van der Waals surface area contributed by atoms with Crippen LogP contribution in [0.15, 0.2) is 24.3 Å². The number of rotatable bonds is 9. The molecule has 1 rings (SSSR count). The van der Waals surface area contributed by atoms with Crippen molar-refractivity contribution in [2.45, 2.75) is 45.6 Å². The largest absolute Gasteiger partial charge is 0.480 e. The predicted molar refractivity (Wildman–Crippen MR) is 105 cm³/mol. The molecular weight excluding hydrogens is 352 g/mol. The molecule has 0 spiro atoms. The molecular formula is C19H28N2O4S. The summed E-state index contributed by atoms with van der Waals surface area (Å²) in [5, 5.41) is 14.1. The van der Waals surface area contributed by atoms with E-state index in [1.165, 1.54) is 0 Å². The van der Waals surface area contributed by atoms with Crippen LogP contribution in [0, 0.1) is 0 Å². The van der Waals surface area contributed by atoms with Gasteiger partial charge in [0, 0.05) is 5.56 Å². The second kappa shape index (κ2) is 10.2. The normalized spacial score (nSPS) is 12.3. The molecule has 0 heterocycles. The third-order valence-electron chi connectivity index (χ3n) is 3.81. The second-order valence-corrected chi connectivity index (χ2v) is 8.35. The third kappa shape index (κ3) is 7.47. The first-order valence-electron chi connectivity index (χ1n) is 8.63. The molecule has 0 bridgehead atoms. The Kier molecular flexibility index (Phi) is 8.65. The lowest BCUT2D eigenvalue weighted by molar-refractivity contribution is -0.141. The lowest BCUT2D eigenvalue weighted by Gasteiger charge is -2.19. The highest BCUT2D eigenvalue weighted by molar-refractivity contribution is 7.99. The number of aliphatic carboxylic acids is 1. The van der Waals surface area contributed by atoms with Crippen molar-refractivity contribution >= 4 is 29.5 Å². The van der Waals surface area contributed by atoms with E-state index in [0.29, 0.717) is 17.7 Å². The highest BCUT2D eigenvalue weighted by Gasteiger charge is 2.20. The van der Waals surface area contributed by atoms with Crippen molar-refractivity contribution in [2.75, 3.05) is 18.1 Å². The van der Waals surface area contributed by atoms with Gasteiger partial charge in [0.25, 0.3) is 5.91 Å². The summed E-state index contributed by atoms with van der Waals surface area (Å²) in [4.78, 5) is 35.2. The zero-order valence-electron chi connectivity index (χ0n) is 15.8. The predicted octanol–water partition coefficient (Wildman–Crippen LogP) is 2.43. The standard InChI is InChI=1S/C19H28N2O4S/c1-5-26-11-10-15(18(24)25)21-16(22)12-20-17(23)13-6-8-14(9-7-13)19(2,3)4/h6-9,15H,5,10-12H2,1-4H3,(H,20,23)(H,21,22)(H,24,25). The lowest BCUT2D eigenvalue weighted by atomic mass is 9.87. The van der Waals surface area contributed by atoms with Crippen LogP contribution in [0.5, 0.6) is 0 Å². The van der Waals surface area contributed by atoms with Crippen LogP contribution in [0.25, 0.3) is 0 Å². The van der Waals surface area contributed by atoms with Crippen molar-refractivity contribution in [3.63, 3.8) is 0 Å². The van der Waals surface area contributed by atoms with Crippen molar-refractivity contribution in [2.24, 2.45) is 0 Å². The smallest absolute Gasteiger partial charge is 0.326 e. The maximum absolute atomic E-state index is 12.1. The molecule has 1 aromatic rings. The molecule has 1 aromatic carbocycles. The van der Waals surface area contributed by atoms with Crippen LogP contribution in [0.3, 0.4) is 0 Å². The van der Waals surface area contributed by atoms with Gasteiger partial charge in [0.1, 0.15) is 6.04 Å². The first-order valence-corrected chi connectivity index (χ1v) is 9.79. The van der Waals surface area contributed by atoms with E-state index in [9.17, 15) is 14.4 Å². The molecule has 1 unspecified atom stereocenters. The fraction of sp³-hybridized carbons (Fsp3) is 0.526. The highest BCUT2D eigenvalue weighted by Crippen LogP contribution is 2.22. The molecule has 0 aliphatic heterocycles. The van der Waals surface area contributed by atoms with Gasteiger partial charge in [-0.25, -0.2) is 4.79 Å². The third-order valence-corrected chi connectivity index (χ3v) is 4.74. The van der Waals surface area contributed by atoms with E-state index in [1.807, 2.05) is 19.1 Å². The van der Waals surface area contributed by atoms with Gasteiger partial charge in [0.05, 0.1) is 6.54 Å². The summed E-state index contributed by atoms with van der Waals surface area (Å²) < 4.78 is 0. The van der Waals surface area contributed by atoms with Gasteiger partial charge in [-0.2, -0.15) is 11.8 Å². The molecule has 2 amide bonds. The summed E-state index contributed by atoms with van der Waals surface area (Å²) >= 11 is 1.61. The molecule has 144 valence electrons. The van der Waals surface area contributed by atoms with E-state index in [-0.39, 0.29) is 17.9 Å². The molecule has 6 nitrogen and oxygen atoms in total. The summed E-state index contributed by atoms with van der Waals surface area (Å²) in [7, 11) is 0. The number of carboxylic acids is 1. The van der Waals surface area contributed by atoms with Gasteiger partial charge in [-0.1, -0.05) is 39.8 Å². The van der Waals surface area contributed by atoms with Gasteiger partial charge < -0.3 is 15.7 Å². The fourth-order valence-corrected chi connectivity index (χ4v) is 2.92. The number of carbonyl (C=O) groups is 3. The molecule has 0 aliphatic carbocycles. The molecule has 3 N–H and O–H groups in total. The van der Waals surface area contributed by atoms with Gasteiger partial charge in [0.2, 0.25) is 5.91 Å². The summed E-state index contributed by atoms with van der Waals surface area (Å²) in [6.45, 7) is 7.99. The van der Waals surface area contributed by atoms with Crippen LogP contribution in [0.4, 0.5) is 0 Å². The average Bonchev–Trinajstić information content (AvgIpc) is 2.58. The van der Waals surface area contributed by atoms with Crippen LogP contribution < -0.4 is 10.6 Å². The van der Waals surface area contributed by atoms with Crippen LogP contribution in [-0.2, 0) is 15.0 Å². The van der Waals surface area contributed by atoms with Crippen LogP contribution in [0.1, 0.15) is 50.0 Å². The molecule has 0 aromatic heterocycles. The zero-order valence-corrected chi connectivity index (χ0v) is 16.6. The molecule has 0 fully saturated rings. The Bertz CT molecular complexity index is 623. The Hall–Kier alpha value is -2.02. The number of benzene rings is 1. The Balaban J connectivity index is 2.52. The number of nitrogens with one attached hydrogen (secondary N) is 2. The number of carboxylic acid groups (broad SMARTS) is 1. The Morgan fingerprint density at radius 3 is 2.27 bits per heavy atom. The summed E-state index contributed by atoms with van der Waals surface area (Å²) in [6.07, 6.45) is 0.349. The van der Waals surface area contributed by atoms with Gasteiger partial charge in [-0.3, -0.25) is 9.59 Å². The van der Waals surface area contributed by atoms with E-state index >= 15 is 0 Å². The molecule has 0 saturated carbocycles. The number of amides is 2. The number of hydrogen-bond acceptors (Lipinski definition) is 4. The second-order valence-electron chi connectivity index (χ2n) is 6.95. The van der Waals surface area contributed by atoms with Crippen molar-refractivity contribution < 1.29 is 19.5 Å². The molecule has 26 heavy (non-hydrogen) atoms. The fourth-order valence-electron chi connectivity index (χ4n) is 2.23. The number of carbonyl (C=O) groups excluding carboxylic acids is 2. The molecule has 7 heteroatoms. The Morgan fingerprint density at radius 1 is 1.15 bits per heavy atom. The quantitative estimate of drug-likeness (QED) is 0.572. The summed E-state index contributed by atoms with van der Waals surface area (Å²) in [6, 6.07) is 6.28. The molecule has 1 atom stereocenters. The number of hydrogen-bond donors (Lipinski definition) is 3. The first kappa shape index (κ1) is 22.0. The van der Waals surface area contributed by atoms with Gasteiger partial charge in [-0.15, -0.1) is 0 Å². The van der Waals surface area contributed by atoms with E-state index in [1.54, 1.807) is 23.9 Å². The van der Waals surface area contributed by atoms with E-state index in [2.05, 4.69) is 31.4 Å². The van der Waals surface area contributed by atoms with Crippen LogP contribution in [-0.4, -0.2) is 47.0 Å². The van der Waals surface area contributed by atoms with Gasteiger partial charge in [-0.05, 0) is 41.0 Å². The van der Waals surface area contributed by atoms with Crippen LogP contribution in [0.2, 0.25) is 0 Å². The SMILES string of the molecule is CCSCCC(NC(=O)CNC(=O)c1ccc(C(C)(C)C)cc1)C(=O)O. The first-order chi connectivity index (χ1) is 12.1. The topological polar surface area (TPSA) is 95.5 Å². The Labute approximate surface area is 159 Å². The van der Waals surface area contributed by atoms with Gasteiger partial charge in [0.15, 0.2) is 0 Å². The maximum Gasteiger partial charge on any atom is 0.326 e. The van der Waals surface area contributed by atoms with Gasteiger partial charge >= 0.3 is 5.97 Å². The zero-order chi connectivity index (χ0) is 19.7. The van der Waals surface area contributed by atoms with Crippen molar-refractivity contribution in [1.29, 1.82) is 0 Å². The van der Waals surface area contributed by atoms with Crippen molar-refractivity contribution in [3.8, 4) is 0 Å². The maximum atomic E-state index is 12.1. The summed E-state index contributed by atoms with van der Waals surface area (Å²) in [5.74, 6) is -0.406. The van der Waals surface area contributed by atoms with Crippen molar-refractivity contribution in [1.82, 2.24) is 10.6 Å². The van der Waals surface area contributed by atoms with E-state index < -0.39 is 17.9 Å². The highest BCUT2D eigenvalue weighted by atomic mass is 32.2. The molecule has 0 radical (unpaired) electrons.